The van der Waals surface area contributed by atoms with Crippen LogP contribution in [0.1, 0.15) is 29.8 Å². The van der Waals surface area contributed by atoms with Gasteiger partial charge in [-0.2, -0.15) is 0 Å². The van der Waals surface area contributed by atoms with Gasteiger partial charge in [-0.15, -0.1) is 0 Å². The van der Waals surface area contributed by atoms with E-state index in [1.165, 1.54) is 41.3 Å². The zero-order valence-corrected chi connectivity index (χ0v) is 24.6. The molecule has 1 heterocycles. The van der Waals surface area contributed by atoms with Crippen LogP contribution in [-0.4, -0.2) is 70.1 Å². The Bertz CT molecular complexity index is 1540. The molecule has 0 fully saturated rings. The fourth-order valence-electron chi connectivity index (χ4n) is 4.87. The Hall–Kier alpha value is -3.61. The van der Waals surface area contributed by atoms with E-state index in [0.29, 0.717) is 6.54 Å². The van der Waals surface area contributed by atoms with Gasteiger partial charge in [0.05, 0.1) is 16.6 Å². The molecule has 0 saturated heterocycles. The first-order chi connectivity index (χ1) is 19.9. The van der Waals surface area contributed by atoms with Gasteiger partial charge in [-0.3, -0.25) is 14.4 Å². The molecule has 0 aliphatic carbocycles. The van der Waals surface area contributed by atoms with Crippen molar-refractivity contribution in [2.24, 2.45) is 5.92 Å². The summed E-state index contributed by atoms with van der Waals surface area (Å²) in [5, 5.41) is 0. The van der Waals surface area contributed by atoms with Crippen LogP contribution in [0.15, 0.2) is 65.6 Å². The topological polar surface area (TPSA) is 88.2 Å². The van der Waals surface area contributed by atoms with Crippen LogP contribution < -0.4 is 9.46 Å². The van der Waals surface area contributed by atoms with E-state index in [9.17, 15) is 26.4 Å². The molecule has 226 valence electrons. The monoisotopic (exact) mass is 605 g/mol. The summed E-state index contributed by atoms with van der Waals surface area (Å²) >= 11 is 0. The van der Waals surface area contributed by atoms with Crippen molar-refractivity contribution >= 4 is 21.6 Å². The van der Waals surface area contributed by atoms with Gasteiger partial charge < -0.3 is 14.4 Å². The normalized spacial score (nSPS) is 20.7. The van der Waals surface area contributed by atoms with Crippen molar-refractivity contribution in [2.45, 2.75) is 37.4 Å². The molecule has 0 radical (unpaired) electrons. The van der Waals surface area contributed by atoms with Gasteiger partial charge in [0.25, 0.3) is 15.9 Å². The van der Waals surface area contributed by atoms with Crippen LogP contribution in [0.5, 0.6) is 5.75 Å². The molecule has 1 N–H and O–H groups in total. The summed E-state index contributed by atoms with van der Waals surface area (Å²) in [6.07, 6.45) is -0.399. The van der Waals surface area contributed by atoms with Crippen LogP contribution >= 0.6 is 0 Å². The van der Waals surface area contributed by atoms with Crippen LogP contribution in [0.3, 0.4) is 0 Å². The van der Waals surface area contributed by atoms with Crippen LogP contribution in [0, 0.1) is 23.4 Å². The number of anilines is 1. The molecule has 0 saturated carbocycles. The zero-order chi connectivity index (χ0) is 30.6. The molecule has 0 bridgehead atoms. The lowest BCUT2D eigenvalue weighted by molar-refractivity contribution is 0.00903. The number of hydrogen-bond donors (Lipinski definition) is 1. The van der Waals surface area contributed by atoms with Crippen molar-refractivity contribution in [3.63, 3.8) is 0 Å². The first-order valence-electron chi connectivity index (χ1n) is 13.4. The number of carbonyl (C=O) groups excluding carboxylic acids is 1. The standard InChI is InChI=1S/C30H34F3N3O5S/c1-19-15-36(16-21-12-23(32)8-10-27(21)33)20(2)18-41-28-11-9-24(14-26(28)30(37)35(3)17-29(19)40-4)34-42(38,39)25-7-5-6-22(31)13-25/h5-14,19-20,29,34H,15-18H2,1-4H3/t19-,20+,29-/m0/s1. The lowest BCUT2D eigenvalue weighted by atomic mass is 10.0. The van der Waals surface area contributed by atoms with Crippen LogP contribution in [0.25, 0.3) is 0 Å². The number of nitrogens with zero attached hydrogens (tertiary/aromatic N) is 2. The van der Waals surface area contributed by atoms with E-state index in [-0.39, 0.29) is 59.1 Å². The van der Waals surface area contributed by atoms with Crippen molar-refractivity contribution in [3.05, 3.63) is 89.2 Å². The molecule has 3 aromatic rings. The minimum absolute atomic E-state index is 0.0865. The molecular weight excluding hydrogens is 571 g/mol. The van der Waals surface area contributed by atoms with Crippen LogP contribution in [0.4, 0.5) is 18.9 Å². The van der Waals surface area contributed by atoms with Crippen molar-refractivity contribution in [3.8, 4) is 5.75 Å². The van der Waals surface area contributed by atoms with E-state index in [1.807, 2.05) is 18.7 Å². The average Bonchev–Trinajstić information content (AvgIpc) is 2.95. The highest BCUT2D eigenvalue weighted by Crippen LogP contribution is 2.28. The summed E-state index contributed by atoms with van der Waals surface area (Å²) in [6, 6.07) is 11.9. The van der Waals surface area contributed by atoms with Gasteiger partial charge in [-0.1, -0.05) is 13.0 Å². The number of halogens is 3. The van der Waals surface area contributed by atoms with Gasteiger partial charge >= 0.3 is 0 Å². The van der Waals surface area contributed by atoms with Crippen LogP contribution in [0.2, 0.25) is 0 Å². The van der Waals surface area contributed by atoms with Crippen molar-refractivity contribution in [1.29, 1.82) is 0 Å². The second kappa shape index (κ2) is 13.1. The summed E-state index contributed by atoms with van der Waals surface area (Å²) in [6.45, 7) is 4.71. The molecule has 3 aromatic carbocycles. The minimum atomic E-state index is -4.15. The molecule has 42 heavy (non-hydrogen) atoms. The number of sulfonamides is 1. The molecule has 4 rings (SSSR count). The van der Waals surface area contributed by atoms with E-state index >= 15 is 0 Å². The Morgan fingerprint density at radius 3 is 2.45 bits per heavy atom. The van der Waals surface area contributed by atoms with E-state index < -0.39 is 39.5 Å². The Kier molecular flexibility index (Phi) is 9.80. The number of amides is 1. The third-order valence-electron chi connectivity index (χ3n) is 7.31. The molecule has 12 heteroatoms. The number of fused-ring (bicyclic) bond motifs is 1. The van der Waals surface area contributed by atoms with E-state index in [2.05, 4.69) is 4.72 Å². The number of hydrogen-bond acceptors (Lipinski definition) is 6. The molecule has 0 unspecified atom stereocenters. The molecule has 1 amide bonds. The largest absolute Gasteiger partial charge is 0.491 e. The maximum absolute atomic E-state index is 14.6. The van der Waals surface area contributed by atoms with E-state index in [0.717, 1.165) is 24.3 Å². The molecule has 1 aliphatic rings. The number of methoxy groups -OCH3 is 1. The molecule has 1 aliphatic heterocycles. The highest BCUT2D eigenvalue weighted by Gasteiger charge is 2.29. The third kappa shape index (κ3) is 7.42. The summed E-state index contributed by atoms with van der Waals surface area (Å²) in [5.41, 5.74) is 0.399. The second-order valence-corrected chi connectivity index (χ2v) is 12.2. The first kappa shape index (κ1) is 31.3. The van der Waals surface area contributed by atoms with Crippen LogP contribution in [-0.2, 0) is 21.3 Å². The summed E-state index contributed by atoms with van der Waals surface area (Å²) in [7, 11) is -1.00. The number of carbonyl (C=O) groups is 1. The zero-order valence-electron chi connectivity index (χ0n) is 23.8. The number of likely N-dealkylation sites (N-methyl/N-ethyl adjacent to an activating group) is 1. The van der Waals surface area contributed by atoms with Crippen molar-refractivity contribution < 1.29 is 35.9 Å². The SMILES string of the molecule is CO[C@H]1CN(C)C(=O)c2cc(NS(=O)(=O)c3cccc(F)c3)ccc2OC[C@@H](C)N(Cc2cc(F)ccc2F)C[C@@H]1C. The van der Waals surface area contributed by atoms with Gasteiger partial charge in [0.1, 0.15) is 29.8 Å². The molecular formula is C30H34F3N3O5S. The summed E-state index contributed by atoms with van der Waals surface area (Å²) in [5.74, 6) is -2.08. The Morgan fingerprint density at radius 1 is 1.00 bits per heavy atom. The van der Waals surface area contributed by atoms with Gasteiger partial charge in [0.15, 0.2) is 0 Å². The summed E-state index contributed by atoms with van der Waals surface area (Å²) in [4.78, 5) is 16.7. The first-order valence-corrected chi connectivity index (χ1v) is 14.9. The van der Waals surface area contributed by atoms with Gasteiger partial charge in [0.2, 0.25) is 0 Å². The average molecular weight is 606 g/mol. The Morgan fingerprint density at radius 2 is 1.74 bits per heavy atom. The highest BCUT2D eigenvalue weighted by atomic mass is 32.2. The molecule has 3 atom stereocenters. The number of ether oxygens (including phenoxy) is 2. The maximum Gasteiger partial charge on any atom is 0.261 e. The number of nitrogens with one attached hydrogen (secondary N) is 1. The maximum atomic E-state index is 14.6. The summed E-state index contributed by atoms with van der Waals surface area (Å²) < 4.78 is 82.1. The highest BCUT2D eigenvalue weighted by molar-refractivity contribution is 7.92. The lowest BCUT2D eigenvalue weighted by Crippen LogP contribution is -2.46. The fraction of sp³-hybridized carbons (Fsp3) is 0.367. The quantitative estimate of drug-likeness (QED) is 0.430. The van der Waals surface area contributed by atoms with E-state index in [1.54, 1.807) is 14.2 Å². The van der Waals surface area contributed by atoms with Gasteiger partial charge in [0, 0.05) is 51.1 Å². The number of benzene rings is 3. The second-order valence-electron chi connectivity index (χ2n) is 10.5. The fourth-order valence-corrected chi connectivity index (χ4v) is 5.95. The number of rotatable bonds is 6. The van der Waals surface area contributed by atoms with E-state index in [4.69, 9.17) is 9.47 Å². The Balaban J connectivity index is 1.67. The Labute approximate surface area is 244 Å². The predicted octanol–water partition coefficient (Wildman–Crippen LogP) is 4.91. The predicted molar refractivity (Wildman–Crippen MR) is 152 cm³/mol. The minimum Gasteiger partial charge on any atom is -0.491 e. The van der Waals surface area contributed by atoms with Gasteiger partial charge in [-0.25, -0.2) is 21.6 Å². The molecule has 0 aromatic heterocycles. The van der Waals surface area contributed by atoms with Gasteiger partial charge in [-0.05, 0) is 67.4 Å². The van der Waals surface area contributed by atoms with Crippen molar-refractivity contribution in [2.75, 3.05) is 38.6 Å². The lowest BCUT2D eigenvalue weighted by Gasteiger charge is -2.36. The molecule has 0 spiro atoms. The molecule has 8 nitrogen and oxygen atoms in total. The smallest absolute Gasteiger partial charge is 0.261 e. The third-order valence-corrected chi connectivity index (χ3v) is 8.69. The van der Waals surface area contributed by atoms with Crippen molar-refractivity contribution in [1.82, 2.24) is 9.80 Å².